The van der Waals surface area contributed by atoms with Crippen LogP contribution in [0.15, 0.2) is 30.3 Å². The third-order valence-electron chi connectivity index (χ3n) is 6.77. The van der Waals surface area contributed by atoms with Crippen LogP contribution in [0.4, 0.5) is 0 Å². The lowest BCUT2D eigenvalue weighted by atomic mass is 9.96. The topological polar surface area (TPSA) is 83.1 Å². The monoisotopic (exact) mass is 556 g/mol. The van der Waals surface area contributed by atoms with Gasteiger partial charge >= 0.3 is 0 Å². The fourth-order valence-corrected chi connectivity index (χ4v) is 4.86. The molecule has 0 saturated heterocycles. The van der Waals surface area contributed by atoms with Crippen molar-refractivity contribution in [2.45, 2.75) is 25.7 Å². The van der Waals surface area contributed by atoms with Crippen LogP contribution in [0.25, 0.3) is 0 Å². The molecule has 0 amide bonds. The molecular formula is C31H40O9. The maximum absolute atomic E-state index is 5.81. The van der Waals surface area contributed by atoms with Crippen molar-refractivity contribution in [3.05, 3.63) is 52.6 Å². The molecule has 0 fully saturated rings. The molecule has 9 nitrogen and oxygen atoms in total. The molecule has 3 aromatic carbocycles. The highest BCUT2D eigenvalue weighted by Gasteiger charge is 2.22. The molecule has 3 rings (SSSR count). The Morgan fingerprint density at radius 1 is 0.325 bits per heavy atom. The molecular weight excluding hydrogens is 516 g/mol. The summed E-state index contributed by atoms with van der Waals surface area (Å²) in [6.45, 7) is 0. The van der Waals surface area contributed by atoms with Gasteiger partial charge in [-0.25, -0.2) is 0 Å². The first-order valence-corrected chi connectivity index (χ1v) is 12.8. The normalized spacial score (nSPS) is 10.5. The minimum Gasteiger partial charge on any atom is -0.493 e. The third kappa shape index (κ3) is 6.35. The number of ether oxygens (including phenoxy) is 9. The highest BCUT2D eigenvalue weighted by molar-refractivity contribution is 5.61. The Balaban J connectivity index is 1.97. The van der Waals surface area contributed by atoms with E-state index in [1.54, 1.807) is 64.0 Å². The summed E-state index contributed by atoms with van der Waals surface area (Å²) >= 11 is 0. The van der Waals surface area contributed by atoms with Crippen molar-refractivity contribution in [3.8, 4) is 51.7 Å². The summed E-state index contributed by atoms with van der Waals surface area (Å²) in [6.07, 6.45) is 2.77. The molecule has 0 bridgehead atoms. The Labute approximate surface area is 236 Å². The summed E-state index contributed by atoms with van der Waals surface area (Å²) in [6, 6.07) is 9.95. The summed E-state index contributed by atoms with van der Waals surface area (Å²) in [7, 11) is 14.5. The van der Waals surface area contributed by atoms with Gasteiger partial charge in [0.25, 0.3) is 0 Å². The van der Waals surface area contributed by atoms with Crippen LogP contribution in [0.2, 0.25) is 0 Å². The highest BCUT2D eigenvalue weighted by Crippen LogP contribution is 2.45. The molecule has 3 aromatic rings. The van der Waals surface area contributed by atoms with Crippen LogP contribution in [0.1, 0.15) is 22.3 Å². The molecule has 40 heavy (non-hydrogen) atoms. The zero-order valence-corrected chi connectivity index (χ0v) is 24.9. The molecule has 0 radical (unpaired) electrons. The van der Waals surface area contributed by atoms with E-state index in [4.69, 9.17) is 42.6 Å². The van der Waals surface area contributed by atoms with Gasteiger partial charge in [-0.3, -0.25) is 0 Å². The lowest BCUT2D eigenvalue weighted by Gasteiger charge is -2.20. The zero-order chi connectivity index (χ0) is 29.2. The summed E-state index contributed by atoms with van der Waals surface area (Å²) < 4.78 is 50.5. The van der Waals surface area contributed by atoms with Crippen molar-refractivity contribution in [2.24, 2.45) is 0 Å². The Bertz CT molecular complexity index is 1140. The van der Waals surface area contributed by atoms with E-state index in [2.05, 4.69) is 6.07 Å². The largest absolute Gasteiger partial charge is 0.493 e. The average molecular weight is 557 g/mol. The first kappa shape index (κ1) is 30.4. The molecule has 0 spiro atoms. The van der Waals surface area contributed by atoms with Gasteiger partial charge in [0.05, 0.1) is 64.0 Å². The lowest BCUT2D eigenvalue weighted by molar-refractivity contribution is 0.319. The minimum atomic E-state index is 0.562. The standard InChI is InChI=1S/C31H40O9/c1-32-23-14-19(15-24(33-2)29(23)38-7)10-12-21-18-22(28(37-6)31(40-9)27(21)36-5)13-11-20-16-25(34-3)30(39-8)26(17-20)35-4/h14-18H,10-13H2,1-9H3. The lowest BCUT2D eigenvalue weighted by Crippen LogP contribution is -2.05. The average Bonchev–Trinajstić information content (AvgIpc) is 3.00. The van der Waals surface area contributed by atoms with E-state index in [0.29, 0.717) is 77.4 Å². The van der Waals surface area contributed by atoms with E-state index >= 15 is 0 Å². The first-order chi connectivity index (χ1) is 19.4. The Morgan fingerprint density at radius 2 is 0.625 bits per heavy atom. The highest BCUT2D eigenvalue weighted by atomic mass is 16.5. The van der Waals surface area contributed by atoms with Crippen LogP contribution in [-0.4, -0.2) is 64.0 Å². The van der Waals surface area contributed by atoms with Crippen LogP contribution in [0.3, 0.4) is 0 Å². The van der Waals surface area contributed by atoms with Gasteiger partial charge in [0, 0.05) is 0 Å². The maximum atomic E-state index is 5.81. The van der Waals surface area contributed by atoms with Crippen LogP contribution in [0.5, 0.6) is 51.7 Å². The van der Waals surface area contributed by atoms with Crippen molar-refractivity contribution in [1.82, 2.24) is 0 Å². The SMILES string of the molecule is COc1cc(CCc2cc(CCc3cc(OC)c(OC)c(OC)c3)c(OC)c(OC)c2OC)cc(OC)c1OC. The predicted molar refractivity (Wildman–Crippen MR) is 153 cm³/mol. The molecule has 0 heterocycles. The van der Waals surface area contributed by atoms with Gasteiger partial charge in [-0.2, -0.15) is 0 Å². The molecule has 0 aromatic heterocycles. The molecule has 0 aliphatic rings. The molecule has 218 valence electrons. The maximum Gasteiger partial charge on any atom is 0.203 e. The van der Waals surface area contributed by atoms with Gasteiger partial charge in [-0.05, 0) is 78.3 Å². The quantitative estimate of drug-likeness (QED) is 0.247. The summed E-state index contributed by atoms with van der Waals surface area (Å²) in [4.78, 5) is 0. The fraction of sp³-hybridized carbons (Fsp3) is 0.419. The van der Waals surface area contributed by atoms with Crippen LogP contribution >= 0.6 is 0 Å². The van der Waals surface area contributed by atoms with Crippen molar-refractivity contribution in [2.75, 3.05) is 64.0 Å². The van der Waals surface area contributed by atoms with Crippen molar-refractivity contribution >= 4 is 0 Å². The van der Waals surface area contributed by atoms with Crippen molar-refractivity contribution in [1.29, 1.82) is 0 Å². The zero-order valence-electron chi connectivity index (χ0n) is 24.9. The van der Waals surface area contributed by atoms with E-state index in [0.717, 1.165) is 22.3 Å². The van der Waals surface area contributed by atoms with Gasteiger partial charge in [0.15, 0.2) is 34.5 Å². The fourth-order valence-electron chi connectivity index (χ4n) is 4.86. The van der Waals surface area contributed by atoms with Gasteiger partial charge in [0.1, 0.15) is 0 Å². The molecule has 0 unspecified atom stereocenters. The predicted octanol–water partition coefficient (Wildman–Crippen LogP) is 5.33. The third-order valence-corrected chi connectivity index (χ3v) is 6.77. The second-order valence-electron chi connectivity index (χ2n) is 8.86. The Morgan fingerprint density at radius 3 is 0.875 bits per heavy atom. The van der Waals surface area contributed by atoms with Crippen molar-refractivity contribution < 1.29 is 42.6 Å². The van der Waals surface area contributed by atoms with Crippen molar-refractivity contribution in [3.63, 3.8) is 0 Å². The second kappa shape index (κ2) is 14.3. The van der Waals surface area contributed by atoms with E-state index in [1.165, 1.54) is 0 Å². The molecule has 0 N–H and O–H groups in total. The van der Waals surface area contributed by atoms with Gasteiger partial charge < -0.3 is 42.6 Å². The van der Waals surface area contributed by atoms with E-state index in [9.17, 15) is 0 Å². The van der Waals surface area contributed by atoms with Gasteiger partial charge in [-0.15, -0.1) is 0 Å². The molecule has 0 saturated carbocycles. The number of hydrogen-bond acceptors (Lipinski definition) is 9. The van der Waals surface area contributed by atoms with Crippen LogP contribution < -0.4 is 42.6 Å². The molecule has 0 aliphatic carbocycles. The Hall–Kier alpha value is -4.14. The molecule has 9 heteroatoms. The van der Waals surface area contributed by atoms with Crippen LogP contribution in [0, 0.1) is 0 Å². The number of rotatable bonds is 15. The number of methoxy groups -OCH3 is 9. The van der Waals surface area contributed by atoms with E-state index < -0.39 is 0 Å². The van der Waals surface area contributed by atoms with E-state index in [1.807, 2.05) is 24.3 Å². The summed E-state index contributed by atoms with van der Waals surface area (Å²) in [5.74, 6) is 5.42. The smallest absolute Gasteiger partial charge is 0.203 e. The number of hydrogen-bond donors (Lipinski definition) is 0. The van der Waals surface area contributed by atoms with Gasteiger partial charge in [-0.1, -0.05) is 0 Å². The molecule has 0 aliphatic heterocycles. The molecule has 0 atom stereocenters. The summed E-state index contributed by atoms with van der Waals surface area (Å²) in [5.41, 5.74) is 4.05. The first-order valence-electron chi connectivity index (χ1n) is 12.8. The Kier molecular flexibility index (Phi) is 10.9. The second-order valence-corrected chi connectivity index (χ2v) is 8.86. The number of benzene rings is 3. The van der Waals surface area contributed by atoms with Crippen LogP contribution in [-0.2, 0) is 25.7 Å². The minimum absolute atomic E-state index is 0.562. The summed E-state index contributed by atoms with van der Waals surface area (Å²) in [5, 5.41) is 0. The van der Waals surface area contributed by atoms with Gasteiger partial charge in [0.2, 0.25) is 17.2 Å². The number of aryl methyl sites for hydroxylation is 4. The van der Waals surface area contributed by atoms with E-state index in [-0.39, 0.29) is 0 Å².